The smallest absolute Gasteiger partial charge is 0.00459 e. The predicted octanol–water partition coefficient (Wildman–Crippen LogP) is 2.88. The van der Waals surface area contributed by atoms with Gasteiger partial charge in [0.15, 0.2) is 0 Å². The van der Waals surface area contributed by atoms with Gasteiger partial charge in [0.05, 0.1) is 0 Å². The highest BCUT2D eigenvalue weighted by Crippen LogP contribution is 2.11. The molecule has 1 atom stereocenters. The lowest BCUT2D eigenvalue weighted by Gasteiger charge is -2.10. The standard InChI is InChI=1S/C11H21N/c1-3-5-7-9-11(10-12)8-6-4-2/h3,5,7,11H,1,4,6,8-10,12H2,2H3/b7-5-. The van der Waals surface area contributed by atoms with Gasteiger partial charge in [0.2, 0.25) is 0 Å². The number of nitrogens with two attached hydrogens (primary N) is 1. The zero-order chi connectivity index (χ0) is 9.23. The Kier molecular flexibility index (Phi) is 8.14. The molecule has 0 amide bonds. The van der Waals surface area contributed by atoms with E-state index in [2.05, 4.69) is 19.6 Å². The molecule has 12 heavy (non-hydrogen) atoms. The molecule has 1 heteroatoms. The van der Waals surface area contributed by atoms with Crippen LogP contribution in [-0.4, -0.2) is 6.54 Å². The zero-order valence-corrected chi connectivity index (χ0v) is 8.13. The van der Waals surface area contributed by atoms with Crippen LogP contribution in [0.4, 0.5) is 0 Å². The molecule has 0 bridgehead atoms. The van der Waals surface area contributed by atoms with Crippen LogP contribution in [-0.2, 0) is 0 Å². The summed E-state index contributed by atoms with van der Waals surface area (Å²) < 4.78 is 0. The van der Waals surface area contributed by atoms with Crippen LogP contribution in [0.25, 0.3) is 0 Å². The molecular formula is C11H21N. The van der Waals surface area contributed by atoms with Crippen molar-refractivity contribution < 1.29 is 0 Å². The van der Waals surface area contributed by atoms with Crippen molar-refractivity contribution in [1.82, 2.24) is 0 Å². The van der Waals surface area contributed by atoms with E-state index in [1.807, 2.05) is 12.2 Å². The van der Waals surface area contributed by atoms with Crippen molar-refractivity contribution in [2.24, 2.45) is 11.7 Å². The second-order valence-corrected chi connectivity index (χ2v) is 3.14. The van der Waals surface area contributed by atoms with Crippen molar-refractivity contribution in [3.05, 3.63) is 24.8 Å². The Bertz CT molecular complexity index is 127. The highest BCUT2D eigenvalue weighted by Gasteiger charge is 2.02. The summed E-state index contributed by atoms with van der Waals surface area (Å²) in [7, 11) is 0. The second kappa shape index (κ2) is 8.54. The van der Waals surface area contributed by atoms with Crippen LogP contribution >= 0.6 is 0 Å². The molecule has 0 fully saturated rings. The molecule has 0 aliphatic rings. The van der Waals surface area contributed by atoms with Gasteiger partial charge >= 0.3 is 0 Å². The molecule has 2 N–H and O–H groups in total. The molecule has 1 nitrogen and oxygen atoms in total. The predicted molar refractivity (Wildman–Crippen MR) is 56.0 cm³/mol. The van der Waals surface area contributed by atoms with Crippen LogP contribution in [0, 0.1) is 5.92 Å². The highest BCUT2D eigenvalue weighted by molar-refractivity contribution is 4.97. The number of allylic oxidation sites excluding steroid dienone is 3. The van der Waals surface area contributed by atoms with Gasteiger partial charge < -0.3 is 5.73 Å². The van der Waals surface area contributed by atoms with Gasteiger partial charge in [0, 0.05) is 0 Å². The number of hydrogen-bond donors (Lipinski definition) is 1. The molecule has 0 aromatic rings. The molecule has 0 spiro atoms. The summed E-state index contributed by atoms with van der Waals surface area (Å²) in [4.78, 5) is 0. The maximum Gasteiger partial charge on any atom is -0.00459 e. The summed E-state index contributed by atoms with van der Waals surface area (Å²) in [6.45, 7) is 6.65. The van der Waals surface area contributed by atoms with Crippen LogP contribution in [0.15, 0.2) is 24.8 Å². The first-order valence-electron chi connectivity index (χ1n) is 4.82. The van der Waals surface area contributed by atoms with Crippen molar-refractivity contribution in [2.45, 2.75) is 32.6 Å². The minimum Gasteiger partial charge on any atom is -0.330 e. The topological polar surface area (TPSA) is 26.0 Å². The van der Waals surface area contributed by atoms with Crippen molar-refractivity contribution in [3.63, 3.8) is 0 Å². The monoisotopic (exact) mass is 167 g/mol. The van der Waals surface area contributed by atoms with Gasteiger partial charge in [-0.2, -0.15) is 0 Å². The zero-order valence-electron chi connectivity index (χ0n) is 8.13. The van der Waals surface area contributed by atoms with E-state index in [4.69, 9.17) is 5.73 Å². The molecule has 0 saturated heterocycles. The minimum absolute atomic E-state index is 0.668. The van der Waals surface area contributed by atoms with Crippen LogP contribution in [0.5, 0.6) is 0 Å². The fraction of sp³-hybridized carbons (Fsp3) is 0.636. The Morgan fingerprint density at radius 3 is 2.75 bits per heavy atom. The van der Waals surface area contributed by atoms with Gasteiger partial charge in [-0.3, -0.25) is 0 Å². The summed E-state index contributed by atoms with van der Waals surface area (Å²) in [5.41, 5.74) is 5.64. The van der Waals surface area contributed by atoms with Crippen LogP contribution in [0.2, 0.25) is 0 Å². The largest absolute Gasteiger partial charge is 0.330 e. The molecule has 0 aliphatic heterocycles. The van der Waals surface area contributed by atoms with Gasteiger partial charge in [0.1, 0.15) is 0 Å². The second-order valence-electron chi connectivity index (χ2n) is 3.14. The molecule has 0 aromatic heterocycles. The van der Waals surface area contributed by atoms with E-state index >= 15 is 0 Å². The van der Waals surface area contributed by atoms with Crippen LogP contribution < -0.4 is 5.73 Å². The van der Waals surface area contributed by atoms with Crippen molar-refractivity contribution >= 4 is 0 Å². The lowest BCUT2D eigenvalue weighted by Crippen LogP contribution is -2.13. The maximum atomic E-state index is 5.64. The quantitative estimate of drug-likeness (QED) is 0.580. The molecule has 0 aromatic carbocycles. The Labute approximate surface area is 76.3 Å². The Balaban J connectivity index is 3.51. The highest BCUT2D eigenvalue weighted by atomic mass is 14.5. The summed E-state index contributed by atoms with van der Waals surface area (Å²) in [6.07, 6.45) is 10.9. The summed E-state index contributed by atoms with van der Waals surface area (Å²) in [5.74, 6) is 0.668. The summed E-state index contributed by atoms with van der Waals surface area (Å²) >= 11 is 0. The Morgan fingerprint density at radius 2 is 2.25 bits per heavy atom. The molecule has 0 rings (SSSR count). The van der Waals surface area contributed by atoms with E-state index in [0.717, 1.165) is 13.0 Å². The molecule has 0 saturated carbocycles. The van der Waals surface area contributed by atoms with E-state index < -0.39 is 0 Å². The van der Waals surface area contributed by atoms with Gasteiger partial charge in [0.25, 0.3) is 0 Å². The SMILES string of the molecule is C=C/C=C\CC(CN)CCCC. The Hall–Kier alpha value is -0.560. The van der Waals surface area contributed by atoms with Crippen LogP contribution in [0.1, 0.15) is 32.6 Å². The Morgan fingerprint density at radius 1 is 1.50 bits per heavy atom. The van der Waals surface area contributed by atoms with Crippen molar-refractivity contribution in [3.8, 4) is 0 Å². The molecule has 1 unspecified atom stereocenters. The normalized spacial score (nSPS) is 13.5. The van der Waals surface area contributed by atoms with Gasteiger partial charge in [-0.15, -0.1) is 0 Å². The third kappa shape index (κ3) is 6.17. The fourth-order valence-corrected chi connectivity index (χ4v) is 1.19. The third-order valence-corrected chi connectivity index (χ3v) is 2.04. The first kappa shape index (κ1) is 11.4. The maximum absolute atomic E-state index is 5.64. The number of unbranched alkanes of at least 4 members (excludes halogenated alkanes) is 1. The average Bonchev–Trinajstić information content (AvgIpc) is 2.11. The van der Waals surface area contributed by atoms with E-state index in [0.29, 0.717) is 5.92 Å². The van der Waals surface area contributed by atoms with Gasteiger partial charge in [-0.05, 0) is 25.3 Å². The van der Waals surface area contributed by atoms with Crippen molar-refractivity contribution in [2.75, 3.05) is 6.54 Å². The first-order valence-corrected chi connectivity index (χ1v) is 4.82. The van der Waals surface area contributed by atoms with E-state index in [1.165, 1.54) is 19.3 Å². The van der Waals surface area contributed by atoms with E-state index in [9.17, 15) is 0 Å². The minimum atomic E-state index is 0.668. The average molecular weight is 167 g/mol. The summed E-state index contributed by atoms with van der Waals surface area (Å²) in [6, 6.07) is 0. The fourth-order valence-electron chi connectivity index (χ4n) is 1.19. The lowest BCUT2D eigenvalue weighted by molar-refractivity contribution is 0.480. The van der Waals surface area contributed by atoms with E-state index in [-0.39, 0.29) is 0 Å². The van der Waals surface area contributed by atoms with Gasteiger partial charge in [-0.25, -0.2) is 0 Å². The molecule has 0 radical (unpaired) electrons. The van der Waals surface area contributed by atoms with Gasteiger partial charge in [-0.1, -0.05) is 44.6 Å². The molecular weight excluding hydrogens is 146 g/mol. The molecule has 0 heterocycles. The number of rotatable bonds is 7. The van der Waals surface area contributed by atoms with Crippen LogP contribution in [0.3, 0.4) is 0 Å². The lowest BCUT2D eigenvalue weighted by atomic mass is 9.98. The molecule has 0 aliphatic carbocycles. The molecule has 70 valence electrons. The van der Waals surface area contributed by atoms with E-state index in [1.54, 1.807) is 0 Å². The van der Waals surface area contributed by atoms with Crippen molar-refractivity contribution in [1.29, 1.82) is 0 Å². The third-order valence-electron chi connectivity index (χ3n) is 2.04. The first-order chi connectivity index (χ1) is 5.85. The summed E-state index contributed by atoms with van der Waals surface area (Å²) in [5, 5.41) is 0. The number of hydrogen-bond acceptors (Lipinski definition) is 1.